The van der Waals surface area contributed by atoms with Crippen LogP contribution in [0.15, 0.2) is 89.7 Å². The first-order chi connectivity index (χ1) is 15.0. The zero-order valence-electron chi connectivity index (χ0n) is 17.7. The Hall–Kier alpha value is -4.06. The number of hydrogen-bond acceptors (Lipinski definition) is 3. The summed E-state index contributed by atoms with van der Waals surface area (Å²) in [6.07, 6.45) is 0. The number of rotatable bonds is 5. The van der Waals surface area contributed by atoms with Gasteiger partial charge in [0.15, 0.2) is 0 Å². The van der Waals surface area contributed by atoms with E-state index < -0.39 is 0 Å². The molecule has 0 saturated heterocycles. The van der Waals surface area contributed by atoms with E-state index in [4.69, 9.17) is 0 Å². The Labute approximate surface area is 181 Å². The summed E-state index contributed by atoms with van der Waals surface area (Å²) >= 11 is 0. The number of benzene rings is 3. The van der Waals surface area contributed by atoms with Gasteiger partial charge in [0, 0.05) is 19.8 Å². The third kappa shape index (κ3) is 3.75. The minimum atomic E-state index is -0.329. The van der Waals surface area contributed by atoms with E-state index in [0.29, 0.717) is 11.3 Å². The van der Waals surface area contributed by atoms with Crippen LogP contribution in [-0.4, -0.2) is 22.3 Å². The Kier molecular flexibility index (Phi) is 5.45. The van der Waals surface area contributed by atoms with Crippen molar-refractivity contribution in [3.05, 3.63) is 107 Å². The van der Waals surface area contributed by atoms with E-state index in [1.165, 1.54) is 0 Å². The van der Waals surface area contributed by atoms with E-state index in [9.17, 15) is 9.59 Å². The molecule has 1 heterocycles. The highest BCUT2D eigenvalue weighted by Crippen LogP contribution is 2.27. The molecule has 4 aromatic rings. The van der Waals surface area contributed by atoms with Crippen LogP contribution < -0.4 is 15.8 Å². The van der Waals surface area contributed by atoms with Crippen LogP contribution >= 0.6 is 0 Å². The van der Waals surface area contributed by atoms with Crippen LogP contribution in [0.5, 0.6) is 0 Å². The van der Waals surface area contributed by atoms with Crippen molar-refractivity contribution in [2.75, 3.05) is 17.3 Å². The van der Waals surface area contributed by atoms with Crippen molar-refractivity contribution in [3.8, 4) is 5.69 Å². The summed E-state index contributed by atoms with van der Waals surface area (Å²) in [6, 6.07) is 26.5. The molecule has 3 aromatic carbocycles. The van der Waals surface area contributed by atoms with Gasteiger partial charge in [0.25, 0.3) is 11.5 Å². The average Bonchev–Trinajstić information content (AvgIpc) is 3.02. The third-order valence-corrected chi connectivity index (χ3v) is 5.45. The summed E-state index contributed by atoms with van der Waals surface area (Å²) in [6.45, 7) is 1.82. The smallest absolute Gasteiger partial charge is 0.295 e. The topological polar surface area (TPSA) is 59.3 Å². The van der Waals surface area contributed by atoms with Crippen molar-refractivity contribution in [3.63, 3.8) is 0 Å². The normalized spacial score (nSPS) is 10.7. The highest BCUT2D eigenvalue weighted by Gasteiger charge is 2.21. The lowest BCUT2D eigenvalue weighted by Crippen LogP contribution is -2.24. The molecule has 0 saturated carbocycles. The number of nitrogens with one attached hydrogen (secondary N) is 1. The fourth-order valence-corrected chi connectivity index (χ4v) is 3.64. The summed E-state index contributed by atoms with van der Waals surface area (Å²) in [4.78, 5) is 28.3. The summed E-state index contributed by atoms with van der Waals surface area (Å²) in [5.41, 5.74) is 3.62. The minimum Gasteiger partial charge on any atom is -0.344 e. The second-order valence-electron chi connectivity index (χ2n) is 7.30. The summed E-state index contributed by atoms with van der Waals surface area (Å²) < 4.78 is 3.29. The Morgan fingerprint density at radius 2 is 1.45 bits per heavy atom. The van der Waals surface area contributed by atoms with Gasteiger partial charge in [-0.15, -0.1) is 0 Å². The molecule has 1 N–H and O–H groups in total. The highest BCUT2D eigenvalue weighted by molar-refractivity contribution is 6.08. The van der Waals surface area contributed by atoms with Gasteiger partial charge in [0.2, 0.25) is 0 Å². The van der Waals surface area contributed by atoms with Crippen molar-refractivity contribution in [2.45, 2.75) is 6.92 Å². The lowest BCUT2D eigenvalue weighted by atomic mass is 10.1. The first-order valence-corrected chi connectivity index (χ1v) is 10.0. The molecule has 0 unspecified atom stereocenters. The maximum atomic E-state index is 13.2. The van der Waals surface area contributed by atoms with Gasteiger partial charge in [-0.3, -0.25) is 14.3 Å². The Morgan fingerprint density at radius 1 is 0.871 bits per heavy atom. The molecule has 0 bridgehead atoms. The third-order valence-electron chi connectivity index (χ3n) is 5.45. The number of hydrogen-bond donors (Lipinski definition) is 1. The molecule has 4 rings (SSSR count). The SMILES string of the molecule is Cc1c(NC(=O)c2ccccc2N(C)c2ccccc2)c(=O)n(-c2ccccc2)n1C. The van der Waals surface area contributed by atoms with Gasteiger partial charge >= 0.3 is 0 Å². The largest absolute Gasteiger partial charge is 0.344 e. The van der Waals surface area contributed by atoms with Gasteiger partial charge in [-0.2, -0.15) is 0 Å². The van der Waals surface area contributed by atoms with Crippen LogP contribution in [0.4, 0.5) is 17.1 Å². The summed E-state index contributed by atoms with van der Waals surface area (Å²) in [7, 11) is 3.72. The maximum Gasteiger partial charge on any atom is 0.295 e. The van der Waals surface area contributed by atoms with Crippen molar-refractivity contribution >= 4 is 23.0 Å². The molecule has 6 nitrogen and oxygen atoms in total. The summed E-state index contributed by atoms with van der Waals surface area (Å²) in [5.74, 6) is -0.329. The van der Waals surface area contributed by atoms with Gasteiger partial charge in [0.05, 0.1) is 22.6 Å². The van der Waals surface area contributed by atoms with Crippen molar-refractivity contribution < 1.29 is 4.79 Å². The molecule has 156 valence electrons. The van der Waals surface area contributed by atoms with Crippen LogP contribution in [-0.2, 0) is 7.05 Å². The predicted molar refractivity (Wildman–Crippen MR) is 125 cm³/mol. The number of nitrogens with zero attached hydrogens (tertiary/aromatic N) is 3. The van der Waals surface area contributed by atoms with Crippen LogP contribution in [0.2, 0.25) is 0 Å². The second-order valence-corrected chi connectivity index (χ2v) is 7.30. The van der Waals surface area contributed by atoms with Gasteiger partial charge in [0.1, 0.15) is 5.69 Å². The number of anilines is 3. The van der Waals surface area contributed by atoms with Gasteiger partial charge in [-0.05, 0) is 43.3 Å². The fourth-order valence-electron chi connectivity index (χ4n) is 3.64. The van der Waals surface area contributed by atoms with Crippen molar-refractivity contribution in [2.24, 2.45) is 7.05 Å². The lowest BCUT2D eigenvalue weighted by molar-refractivity contribution is 0.102. The van der Waals surface area contributed by atoms with E-state index in [2.05, 4.69) is 5.32 Å². The first-order valence-electron chi connectivity index (χ1n) is 10.0. The van der Waals surface area contributed by atoms with E-state index in [1.807, 2.05) is 97.7 Å². The number of para-hydroxylation sites is 3. The van der Waals surface area contributed by atoms with E-state index in [-0.39, 0.29) is 17.2 Å². The molecular formula is C25H24N4O2. The zero-order valence-corrected chi connectivity index (χ0v) is 17.7. The Balaban J connectivity index is 1.70. The minimum absolute atomic E-state index is 0.270. The number of aromatic nitrogens is 2. The van der Waals surface area contributed by atoms with Crippen LogP contribution in [0.25, 0.3) is 5.69 Å². The van der Waals surface area contributed by atoms with Crippen LogP contribution in [0.3, 0.4) is 0 Å². The predicted octanol–water partition coefficient (Wildman–Crippen LogP) is 4.50. The molecule has 0 spiro atoms. The second kappa shape index (κ2) is 8.36. The molecule has 0 aliphatic rings. The Morgan fingerprint density at radius 3 is 2.13 bits per heavy atom. The average molecular weight is 412 g/mol. The maximum absolute atomic E-state index is 13.2. The van der Waals surface area contributed by atoms with E-state index >= 15 is 0 Å². The van der Waals surface area contributed by atoms with Gasteiger partial charge in [-0.1, -0.05) is 48.5 Å². The number of carbonyl (C=O) groups is 1. The first kappa shape index (κ1) is 20.2. The molecule has 0 aliphatic carbocycles. The zero-order chi connectivity index (χ0) is 22.0. The van der Waals surface area contributed by atoms with Crippen LogP contribution in [0, 0.1) is 6.92 Å². The number of amides is 1. The molecule has 6 heteroatoms. The fraction of sp³-hybridized carbons (Fsp3) is 0.120. The molecule has 1 aromatic heterocycles. The molecule has 1 amide bonds. The summed E-state index contributed by atoms with van der Waals surface area (Å²) in [5, 5.41) is 2.85. The molecule has 0 radical (unpaired) electrons. The standard InChI is InChI=1S/C25H24N4O2/c1-18-23(25(31)29(28(18)3)20-14-8-5-9-15-20)26-24(30)21-16-10-11-17-22(21)27(2)19-12-6-4-7-13-19/h4-17H,1-3H3,(H,26,30). The molecule has 31 heavy (non-hydrogen) atoms. The number of carbonyl (C=O) groups excluding carboxylic acids is 1. The van der Waals surface area contributed by atoms with Crippen molar-refractivity contribution in [1.29, 1.82) is 0 Å². The quantitative estimate of drug-likeness (QED) is 0.525. The van der Waals surface area contributed by atoms with Crippen molar-refractivity contribution in [1.82, 2.24) is 9.36 Å². The van der Waals surface area contributed by atoms with E-state index in [0.717, 1.165) is 17.1 Å². The highest BCUT2D eigenvalue weighted by atomic mass is 16.2. The molecule has 0 aliphatic heterocycles. The van der Waals surface area contributed by atoms with E-state index in [1.54, 1.807) is 22.5 Å². The Bertz CT molecular complexity index is 1270. The lowest BCUT2D eigenvalue weighted by Gasteiger charge is -2.22. The van der Waals surface area contributed by atoms with Gasteiger partial charge < -0.3 is 10.2 Å². The molecule has 0 fully saturated rings. The van der Waals surface area contributed by atoms with Gasteiger partial charge in [-0.25, -0.2) is 4.68 Å². The molecule has 0 atom stereocenters. The molecular weight excluding hydrogens is 388 g/mol. The van der Waals surface area contributed by atoms with Crippen LogP contribution in [0.1, 0.15) is 16.1 Å². The monoisotopic (exact) mass is 412 g/mol.